The van der Waals surface area contributed by atoms with Crippen molar-refractivity contribution in [3.05, 3.63) is 0 Å². The lowest BCUT2D eigenvalue weighted by Crippen LogP contribution is -3.00. The number of carbonyl (C=O) groups excluding carboxylic acids is 1. The average molecular weight is 331 g/mol. The monoisotopic (exact) mass is 331 g/mol. The van der Waals surface area contributed by atoms with Gasteiger partial charge in [0, 0.05) is 6.42 Å². The molecule has 0 aliphatic rings. The molecule has 0 aromatic rings. The highest BCUT2D eigenvalue weighted by Gasteiger charge is 2.05. The van der Waals surface area contributed by atoms with E-state index in [1.165, 1.54) is 0 Å². The molecule has 15 heavy (non-hydrogen) atoms. The van der Waals surface area contributed by atoms with Crippen LogP contribution in [0.25, 0.3) is 0 Å². The van der Waals surface area contributed by atoms with Gasteiger partial charge in [-0.05, 0) is 0 Å². The van der Waals surface area contributed by atoms with E-state index >= 15 is 0 Å². The summed E-state index contributed by atoms with van der Waals surface area (Å²) >= 11 is 0. The number of nitrogens with zero attached hydrogens (tertiary/aromatic N) is 1. The van der Waals surface area contributed by atoms with Crippen LogP contribution in [-0.2, 0) is 14.3 Å². The minimum Gasteiger partial charge on any atom is -1.00 e. The predicted molar refractivity (Wildman–Crippen MR) is 55.0 cm³/mol. The smallest absolute Gasteiger partial charge is 0.305 e. The van der Waals surface area contributed by atoms with Crippen molar-refractivity contribution >= 4 is 5.97 Å². The van der Waals surface area contributed by atoms with Crippen molar-refractivity contribution in [2.75, 3.05) is 47.5 Å². The second kappa shape index (κ2) is 9.35. The molecule has 0 aliphatic heterocycles. The van der Waals surface area contributed by atoms with Crippen LogP contribution in [0.1, 0.15) is 13.3 Å². The molecule has 0 aliphatic carbocycles. The van der Waals surface area contributed by atoms with E-state index in [9.17, 15) is 4.79 Å². The van der Waals surface area contributed by atoms with Gasteiger partial charge in [0.25, 0.3) is 0 Å². The Morgan fingerprint density at radius 2 is 1.73 bits per heavy atom. The molecular formula is C10H22INO3. The number of likely N-dealkylation sites (N-methyl/N-ethyl adjacent to an activating group) is 1. The van der Waals surface area contributed by atoms with Crippen molar-refractivity contribution in [1.29, 1.82) is 0 Å². The lowest BCUT2D eigenvalue weighted by Gasteiger charge is -2.23. The van der Waals surface area contributed by atoms with Gasteiger partial charge in [-0.15, -0.1) is 0 Å². The number of halogens is 1. The van der Waals surface area contributed by atoms with Crippen LogP contribution < -0.4 is 24.0 Å². The Kier molecular flexibility index (Phi) is 10.9. The van der Waals surface area contributed by atoms with E-state index in [0.717, 1.165) is 11.0 Å². The summed E-state index contributed by atoms with van der Waals surface area (Å²) in [5.41, 5.74) is 0. The van der Waals surface area contributed by atoms with E-state index in [0.29, 0.717) is 26.2 Å². The maximum atomic E-state index is 10.7. The Balaban J connectivity index is 0. The number of hydrogen-bond donors (Lipinski definition) is 0. The third kappa shape index (κ3) is 14.1. The number of esters is 1. The zero-order valence-corrected chi connectivity index (χ0v) is 12.2. The van der Waals surface area contributed by atoms with Crippen LogP contribution in [0.15, 0.2) is 0 Å². The summed E-state index contributed by atoms with van der Waals surface area (Å²) in [7, 11) is 6.33. The molecule has 0 saturated carbocycles. The van der Waals surface area contributed by atoms with Crippen molar-refractivity contribution in [1.82, 2.24) is 0 Å². The van der Waals surface area contributed by atoms with E-state index in [1.807, 2.05) is 0 Å². The highest BCUT2D eigenvalue weighted by Crippen LogP contribution is 1.90. The first-order chi connectivity index (χ1) is 6.45. The van der Waals surface area contributed by atoms with Gasteiger partial charge in [-0.1, -0.05) is 6.92 Å². The van der Waals surface area contributed by atoms with Crippen molar-refractivity contribution in [3.8, 4) is 0 Å². The molecule has 0 atom stereocenters. The van der Waals surface area contributed by atoms with Gasteiger partial charge in [0.1, 0.15) is 13.2 Å². The molecule has 0 unspecified atom stereocenters. The van der Waals surface area contributed by atoms with Gasteiger partial charge in [-0.25, -0.2) is 0 Å². The van der Waals surface area contributed by atoms with Crippen molar-refractivity contribution in [2.24, 2.45) is 0 Å². The molecule has 0 N–H and O–H groups in total. The summed E-state index contributed by atoms with van der Waals surface area (Å²) < 4.78 is 11.0. The van der Waals surface area contributed by atoms with E-state index in [-0.39, 0.29) is 29.9 Å². The summed E-state index contributed by atoms with van der Waals surface area (Å²) in [6.07, 6.45) is 0.429. The standard InChI is InChI=1S/C10H22NO3.HI/c1-5-10(12)14-9-8-13-7-6-11(2,3)4;/h5-9H2,1-4H3;1H/q+1;/p-1. The Hall–Kier alpha value is 0.120. The summed E-state index contributed by atoms with van der Waals surface area (Å²) in [4.78, 5) is 10.7. The lowest BCUT2D eigenvalue weighted by molar-refractivity contribution is -0.870. The first-order valence-corrected chi connectivity index (χ1v) is 4.99. The van der Waals surface area contributed by atoms with E-state index < -0.39 is 0 Å². The fraction of sp³-hybridized carbons (Fsp3) is 0.900. The number of hydrogen-bond acceptors (Lipinski definition) is 3. The number of carbonyl (C=O) groups is 1. The van der Waals surface area contributed by atoms with Crippen LogP contribution in [0.2, 0.25) is 0 Å². The number of rotatable bonds is 7. The highest BCUT2D eigenvalue weighted by molar-refractivity contribution is 5.68. The molecule has 5 heteroatoms. The molecule has 0 aromatic carbocycles. The van der Waals surface area contributed by atoms with Gasteiger partial charge in [-0.3, -0.25) is 4.79 Å². The summed E-state index contributed by atoms with van der Waals surface area (Å²) in [6.45, 7) is 4.30. The van der Waals surface area contributed by atoms with E-state index in [1.54, 1.807) is 6.92 Å². The van der Waals surface area contributed by atoms with Gasteiger partial charge in [0.2, 0.25) is 0 Å². The van der Waals surface area contributed by atoms with Gasteiger partial charge in [0.05, 0.1) is 34.4 Å². The SMILES string of the molecule is CCC(=O)OCCOCC[N+](C)(C)C.[I-]. The fourth-order valence-electron chi connectivity index (χ4n) is 0.757. The second-order valence-electron chi connectivity index (χ2n) is 4.20. The molecule has 0 spiro atoms. The zero-order valence-electron chi connectivity index (χ0n) is 10.1. The van der Waals surface area contributed by atoms with Crippen molar-refractivity contribution < 1.29 is 42.7 Å². The van der Waals surface area contributed by atoms with Crippen molar-refractivity contribution in [3.63, 3.8) is 0 Å². The molecule has 0 heterocycles. The van der Waals surface area contributed by atoms with Crippen LogP contribution in [0.5, 0.6) is 0 Å². The van der Waals surface area contributed by atoms with Crippen LogP contribution in [-0.4, -0.2) is 58.0 Å². The number of quaternary nitrogens is 1. The normalized spacial score (nSPS) is 10.7. The molecule has 0 saturated heterocycles. The second-order valence-corrected chi connectivity index (χ2v) is 4.20. The molecule has 0 aromatic heterocycles. The summed E-state index contributed by atoms with van der Waals surface area (Å²) in [5.74, 6) is -0.166. The lowest BCUT2D eigenvalue weighted by atomic mass is 10.5. The molecule has 0 radical (unpaired) electrons. The van der Waals surface area contributed by atoms with Crippen molar-refractivity contribution in [2.45, 2.75) is 13.3 Å². The predicted octanol–water partition coefficient (Wildman–Crippen LogP) is -2.33. The van der Waals surface area contributed by atoms with Gasteiger partial charge in [0.15, 0.2) is 0 Å². The van der Waals surface area contributed by atoms with Crippen LogP contribution in [0.3, 0.4) is 0 Å². The maximum absolute atomic E-state index is 10.7. The number of ether oxygens (including phenoxy) is 2. The van der Waals surface area contributed by atoms with Gasteiger partial charge < -0.3 is 37.9 Å². The molecule has 0 amide bonds. The molecule has 0 bridgehead atoms. The third-order valence-electron chi connectivity index (χ3n) is 1.69. The van der Waals surface area contributed by atoms with Gasteiger partial charge >= 0.3 is 5.97 Å². The molecule has 4 nitrogen and oxygen atoms in total. The molecule has 0 fully saturated rings. The topological polar surface area (TPSA) is 35.5 Å². The summed E-state index contributed by atoms with van der Waals surface area (Å²) in [5, 5.41) is 0. The van der Waals surface area contributed by atoms with Crippen LogP contribution >= 0.6 is 0 Å². The average Bonchev–Trinajstić information content (AvgIpc) is 2.08. The largest absolute Gasteiger partial charge is 1.00 e. The van der Waals surface area contributed by atoms with E-state index in [4.69, 9.17) is 9.47 Å². The maximum Gasteiger partial charge on any atom is 0.305 e. The first kappa shape index (κ1) is 17.5. The highest BCUT2D eigenvalue weighted by atomic mass is 127. The van der Waals surface area contributed by atoms with Gasteiger partial charge in [-0.2, -0.15) is 0 Å². The Bertz CT molecular complexity index is 169. The fourth-order valence-corrected chi connectivity index (χ4v) is 0.757. The third-order valence-corrected chi connectivity index (χ3v) is 1.69. The minimum atomic E-state index is -0.166. The minimum absolute atomic E-state index is 0. The van der Waals surface area contributed by atoms with E-state index in [2.05, 4.69) is 21.1 Å². The van der Waals surface area contributed by atoms with Crippen LogP contribution in [0, 0.1) is 0 Å². The molecule has 92 valence electrons. The Morgan fingerprint density at radius 3 is 2.20 bits per heavy atom. The Morgan fingerprint density at radius 1 is 1.13 bits per heavy atom. The zero-order chi connectivity index (χ0) is 11.0. The molecular weight excluding hydrogens is 309 g/mol. The molecule has 0 rings (SSSR count). The summed E-state index contributed by atoms with van der Waals surface area (Å²) in [6, 6.07) is 0. The quantitative estimate of drug-likeness (QED) is 0.227. The Labute approximate surface area is 110 Å². The van der Waals surface area contributed by atoms with Crippen LogP contribution in [0.4, 0.5) is 0 Å². The first-order valence-electron chi connectivity index (χ1n) is 4.99.